The number of methoxy groups -OCH3 is 1. The number of ether oxygens (including phenoxy) is 1. The predicted molar refractivity (Wildman–Crippen MR) is 60.4 cm³/mol. The second-order valence-electron chi connectivity index (χ2n) is 2.71. The Morgan fingerprint density at radius 3 is 2.79 bits per heavy atom. The van der Waals surface area contributed by atoms with Gasteiger partial charge in [-0.15, -0.1) is 11.6 Å². The van der Waals surface area contributed by atoms with Crippen molar-refractivity contribution in [1.29, 1.82) is 0 Å². The normalized spacial score (nSPS) is 9.93. The van der Waals surface area contributed by atoms with Gasteiger partial charge in [0.1, 0.15) is 5.75 Å². The van der Waals surface area contributed by atoms with Gasteiger partial charge in [0.15, 0.2) is 5.78 Å². The number of hydrogen-bond acceptors (Lipinski definition) is 2. The highest BCUT2D eigenvalue weighted by Crippen LogP contribution is 2.23. The van der Waals surface area contributed by atoms with Crippen LogP contribution in [0.2, 0.25) is 0 Å². The Bertz CT molecular complexity index is 339. The highest BCUT2D eigenvalue weighted by atomic mass is 79.9. The molecule has 0 saturated heterocycles. The van der Waals surface area contributed by atoms with Gasteiger partial charge in [0.05, 0.1) is 7.11 Å². The minimum Gasteiger partial charge on any atom is -0.497 e. The average molecular weight is 278 g/mol. The molecular formula is C10H10BrClO2. The van der Waals surface area contributed by atoms with Crippen LogP contribution >= 0.6 is 27.5 Å². The van der Waals surface area contributed by atoms with E-state index in [1.165, 1.54) is 0 Å². The first-order chi connectivity index (χ1) is 6.69. The molecule has 0 aliphatic rings. The van der Waals surface area contributed by atoms with E-state index in [9.17, 15) is 4.79 Å². The number of carbonyl (C=O) groups is 1. The maximum atomic E-state index is 11.5. The van der Waals surface area contributed by atoms with Crippen LogP contribution in [0, 0.1) is 0 Å². The molecule has 1 aromatic carbocycles. The third-order valence-corrected chi connectivity index (χ3v) is 2.64. The Kier molecular flexibility index (Phi) is 4.42. The molecule has 0 aromatic heterocycles. The maximum absolute atomic E-state index is 11.5. The summed E-state index contributed by atoms with van der Waals surface area (Å²) in [6.45, 7) is 0. The standard InChI is InChI=1S/C10H10BrClO2/c1-14-7-2-3-8(9(11)6-7)10(13)4-5-12/h2-3,6H,4-5H2,1H3. The monoisotopic (exact) mass is 276 g/mol. The summed E-state index contributed by atoms with van der Waals surface area (Å²) < 4.78 is 5.76. The van der Waals surface area contributed by atoms with Gasteiger partial charge in [-0.25, -0.2) is 0 Å². The third kappa shape index (κ3) is 2.72. The lowest BCUT2D eigenvalue weighted by molar-refractivity contribution is 0.0988. The topological polar surface area (TPSA) is 26.3 Å². The van der Waals surface area contributed by atoms with Crippen molar-refractivity contribution in [3.63, 3.8) is 0 Å². The lowest BCUT2D eigenvalue weighted by Crippen LogP contribution is -2.00. The molecular weight excluding hydrogens is 267 g/mol. The number of halogens is 2. The SMILES string of the molecule is COc1ccc(C(=O)CCCl)c(Br)c1. The smallest absolute Gasteiger partial charge is 0.165 e. The number of alkyl halides is 1. The predicted octanol–water partition coefficient (Wildman–Crippen LogP) is 3.27. The van der Waals surface area contributed by atoms with E-state index in [1.54, 1.807) is 25.3 Å². The van der Waals surface area contributed by atoms with Crippen molar-refractivity contribution in [1.82, 2.24) is 0 Å². The van der Waals surface area contributed by atoms with Gasteiger partial charge in [0.2, 0.25) is 0 Å². The fourth-order valence-corrected chi connectivity index (χ4v) is 1.82. The second kappa shape index (κ2) is 5.37. The molecule has 0 aliphatic heterocycles. The first-order valence-corrected chi connectivity index (χ1v) is 5.44. The van der Waals surface area contributed by atoms with E-state index in [1.807, 2.05) is 0 Å². The summed E-state index contributed by atoms with van der Waals surface area (Å²) in [7, 11) is 1.59. The number of carbonyl (C=O) groups excluding carboxylic acids is 1. The van der Waals surface area contributed by atoms with Crippen LogP contribution in [-0.4, -0.2) is 18.8 Å². The van der Waals surface area contributed by atoms with Crippen molar-refractivity contribution in [2.45, 2.75) is 6.42 Å². The fraction of sp³-hybridized carbons (Fsp3) is 0.300. The van der Waals surface area contributed by atoms with Gasteiger partial charge in [-0.2, -0.15) is 0 Å². The van der Waals surface area contributed by atoms with Crippen molar-refractivity contribution in [3.8, 4) is 5.75 Å². The van der Waals surface area contributed by atoms with E-state index in [0.29, 0.717) is 17.9 Å². The summed E-state index contributed by atoms with van der Waals surface area (Å²) in [4.78, 5) is 11.5. The van der Waals surface area contributed by atoms with Crippen molar-refractivity contribution in [2.75, 3.05) is 13.0 Å². The molecule has 0 amide bonds. The molecule has 0 atom stereocenters. The van der Waals surface area contributed by atoms with Crippen LogP contribution in [-0.2, 0) is 0 Å². The molecule has 4 heteroatoms. The molecule has 0 heterocycles. The van der Waals surface area contributed by atoms with Crippen LogP contribution in [0.15, 0.2) is 22.7 Å². The highest BCUT2D eigenvalue weighted by Gasteiger charge is 2.09. The molecule has 0 N–H and O–H groups in total. The first-order valence-electron chi connectivity index (χ1n) is 4.11. The van der Waals surface area contributed by atoms with Crippen molar-refractivity contribution >= 4 is 33.3 Å². The lowest BCUT2D eigenvalue weighted by atomic mass is 10.1. The second-order valence-corrected chi connectivity index (χ2v) is 3.94. The van der Waals surface area contributed by atoms with Gasteiger partial charge >= 0.3 is 0 Å². The first kappa shape index (κ1) is 11.5. The number of ketones is 1. The van der Waals surface area contributed by atoms with Crippen LogP contribution in [0.1, 0.15) is 16.8 Å². The van der Waals surface area contributed by atoms with E-state index < -0.39 is 0 Å². The number of Topliss-reactive ketones (excluding diaryl/α,β-unsaturated/α-hetero) is 1. The Morgan fingerprint density at radius 2 is 2.29 bits per heavy atom. The Morgan fingerprint density at radius 1 is 1.57 bits per heavy atom. The van der Waals surface area contributed by atoms with Gasteiger partial charge in [-0.05, 0) is 34.1 Å². The van der Waals surface area contributed by atoms with E-state index in [0.717, 1.165) is 10.2 Å². The van der Waals surface area contributed by atoms with Crippen molar-refractivity contribution in [3.05, 3.63) is 28.2 Å². The summed E-state index contributed by atoms with van der Waals surface area (Å²) in [6.07, 6.45) is 0.354. The van der Waals surface area contributed by atoms with E-state index >= 15 is 0 Å². The van der Waals surface area contributed by atoms with E-state index in [-0.39, 0.29) is 5.78 Å². The van der Waals surface area contributed by atoms with E-state index in [2.05, 4.69) is 15.9 Å². The summed E-state index contributed by atoms with van der Waals surface area (Å²) in [5.74, 6) is 1.10. The molecule has 0 radical (unpaired) electrons. The average Bonchev–Trinajstić information content (AvgIpc) is 2.17. The van der Waals surface area contributed by atoms with Crippen LogP contribution in [0.5, 0.6) is 5.75 Å². The Balaban J connectivity index is 2.94. The molecule has 0 fully saturated rings. The fourth-order valence-electron chi connectivity index (χ4n) is 1.07. The summed E-state index contributed by atoms with van der Waals surface area (Å²) in [5, 5.41) is 0. The van der Waals surface area contributed by atoms with Gasteiger partial charge < -0.3 is 4.74 Å². The minimum atomic E-state index is 0.0366. The zero-order valence-corrected chi connectivity index (χ0v) is 10.1. The Labute approximate surface area is 96.3 Å². The Hall–Kier alpha value is -0.540. The van der Waals surface area contributed by atoms with Crippen molar-refractivity contribution < 1.29 is 9.53 Å². The molecule has 0 bridgehead atoms. The summed E-state index contributed by atoms with van der Waals surface area (Å²) >= 11 is 8.81. The van der Waals surface area contributed by atoms with Gasteiger partial charge in [0, 0.05) is 22.3 Å². The van der Waals surface area contributed by atoms with Gasteiger partial charge in [0.25, 0.3) is 0 Å². The molecule has 0 saturated carbocycles. The molecule has 0 aliphatic carbocycles. The largest absolute Gasteiger partial charge is 0.497 e. The van der Waals surface area contributed by atoms with Crippen molar-refractivity contribution in [2.24, 2.45) is 0 Å². The number of rotatable bonds is 4. The zero-order valence-electron chi connectivity index (χ0n) is 7.72. The van der Waals surface area contributed by atoms with Crippen LogP contribution in [0.3, 0.4) is 0 Å². The molecule has 1 rings (SSSR count). The lowest BCUT2D eigenvalue weighted by Gasteiger charge is -2.04. The van der Waals surface area contributed by atoms with Crippen LogP contribution < -0.4 is 4.74 Å². The molecule has 2 nitrogen and oxygen atoms in total. The van der Waals surface area contributed by atoms with E-state index in [4.69, 9.17) is 16.3 Å². The third-order valence-electron chi connectivity index (χ3n) is 1.80. The molecule has 1 aromatic rings. The molecule has 76 valence electrons. The number of hydrogen-bond donors (Lipinski definition) is 0. The van der Waals surface area contributed by atoms with Crippen LogP contribution in [0.4, 0.5) is 0 Å². The van der Waals surface area contributed by atoms with Gasteiger partial charge in [-0.3, -0.25) is 4.79 Å². The molecule has 14 heavy (non-hydrogen) atoms. The maximum Gasteiger partial charge on any atom is 0.165 e. The summed E-state index contributed by atoms with van der Waals surface area (Å²) in [5.41, 5.74) is 0.645. The van der Waals surface area contributed by atoms with Gasteiger partial charge in [-0.1, -0.05) is 0 Å². The number of benzene rings is 1. The molecule has 0 spiro atoms. The highest BCUT2D eigenvalue weighted by molar-refractivity contribution is 9.10. The zero-order chi connectivity index (χ0) is 10.6. The quantitative estimate of drug-likeness (QED) is 0.624. The molecule has 0 unspecified atom stereocenters. The minimum absolute atomic E-state index is 0.0366. The summed E-state index contributed by atoms with van der Waals surface area (Å²) in [6, 6.07) is 5.26. The van der Waals surface area contributed by atoms with Crippen LogP contribution in [0.25, 0.3) is 0 Å².